The predicted octanol–water partition coefficient (Wildman–Crippen LogP) is 5.07. The molecule has 0 atom stereocenters. The molecule has 0 N–H and O–H groups in total. The van der Waals surface area contributed by atoms with E-state index in [1.165, 1.54) is 11.8 Å². The fourth-order valence-corrected chi connectivity index (χ4v) is 3.49. The van der Waals surface area contributed by atoms with Crippen LogP contribution in [0.5, 0.6) is 0 Å². The number of nitrogens with zero attached hydrogens (tertiary/aromatic N) is 3. The Bertz CT molecular complexity index is 940. The topological polar surface area (TPSA) is 47.8 Å². The summed E-state index contributed by atoms with van der Waals surface area (Å²) >= 11 is 13.2. The second kappa shape index (κ2) is 7.60. The molecule has 3 rings (SSSR count). The van der Waals surface area contributed by atoms with Crippen LogP contribution in [0.2, 0.25) is 10.0 Å². The Morgan fingerprint density at radius 2 is 1.88 bits per heavy atom. The molecule has 0 amide bonds. The standard InChI is InChI=1S/C18H15Cl2N3OS/c1-11-5-3-4-6-13(11)17-21-22-18(23(17)2)25-10-16(24)12-7-8-14(19)15(20)9-12/h3-9H,10H2,1-2H3. The molecule has 0 aliphatic carbocycles. The summed E-state index contributed by atoms with van der Waals surface area (Å²) < 4.78 is 1.90. The van der Waals surface area contributed by atoms with Crippen molar-refractivity contribution in [1.82, 2.24) is 14.8 Å². The molecule has 1 aromatic heterocycles. The molecule has 0 aliphatic heterocycles. The van der Waals surface area contributed by atoms with Crippen LogP contribution in [0.15, 0.2) is 47.6 Å². The maximum Gasteiger partial charge on any atom is 0.191 e. The highest BCUT2D eigenvalue weighted by atomic mass is 35.5. The average molecular weight is 392 g/mol. The number of halogens is 2. The number of thioether (sulfide) groups is 1. The fourth-order valence-electron chi connectivity index (χ4n) is 2.38. The third-order valence-electron chi connectivity index (χ3n) is 3.79. The monoisotopic (exact) mass is 391 g/mol. The fraction of sp³-hybridized carbons (Fsp3) is 0.167. The van der Waals surface area contributed by atoms with Crippen molar-refractivity contribution in [2.45, 2.75) is 12.1 Å². The molecule has 0 fully saturated rings. The van der Waals surface area contributed by atoms with Gasteiger partial charge in [-0.15, -0.1) is 10.2 Å². The zero-order valence-electron chi connectivity index (χ0n) is 13.7. The lowest BCUT2D eigenvalue weighted by Crippen LogP contribution is -2.04. The van der Waals surface area contributed by atoms with Gasteiger partial charge in [-0.05, 0) is 30.7 Å². The summed E-state index contributed by atoms with van der Waals surface area (Å²) in [7, 11) is 1.90. The third kappa shape index (κ3) is 3.89. The average Bonchev–Trinajstić information content (AvgIpc) is 2.96. The summed E-state index contributed by atoms with van der Waals surface area (Å²) in [5, 5.41) is 9.96. The predicted molar refractivity (Wildman–Crippen MR) is 103 cm³/mol. The van der Waals surface area contributed by atoms with Gasteiger partial charge in [0.15, 0.2) is 16.8 Å². The molecule has 2 aromatic carbocycles. The first-order chi connectivity index (χ1) is 12.0. The maximum absolute atomic E-state index is 12.3. The van der Waals surface area contributed by atoms with E-state index in [4.69, 9.17) is 23.2 Å². The number of aromatic nitrogens is 3. The van der Waals surface area contributed by atoms with Gasteiger partial charge in [-0.1, -0.05) is 59.2 Å². The third-order valence-corrected chi connectivity index (χ3v) is 5.55. The van der Waals surface area contributed by atoms with E-state index >= 15 is 0 Å². The Hall–Kier alpha value is -1.82. The zero-order chi connectivity index (χ0) is 18.0. The molecule has 0 spiro atoms. The molecule has 0 radical (unpaired) electrons. The molecule has 0 aliphatic rings. The quantitative estimate of drug-likeness (QED) is 0.449. The first kappa shape index (κ1) is 18.0. The normalized spacial score (nSPS) is 10.9. The number of hydrogen-bond acceptors (Lipinski definition) is 4. The minimum Gasteiger partial charge on any atom is -0.305 e. The minimum absolute atomic E-state index is 0.0380. The van der Waals surface area contributed by atoms with E-state index in [9.17, 15) is 4.79 Å². The van der Waals surface area contributed by atoms with E-state index in [1.807, 2.05) is 42.8 Å². The van der Waals surface area contributed by atoms with Crippen LogP contribution in [0.4, 0.5) is 0 Å². The molecule has 0 bridgehead atoms. The Morgan fingerprint density at radius 1 is 1.12 bits per heavy atom. The molecule has 4 nitrogen and oxygen atoms in total. The molecule has 0 saturated carbocycles. The van der Waals surface area contributed by atoms with Crippen LogP contribution in [-0.2, 0) is 7.05 Å². The molecule has 3 aromatic rings. The lowest BCUT2D eigenvalue weighted by molar-refractivity contribution is 0.102. The Morgan fingerprint density at radius 3 is 2.60 bits per heavy atom. The van der Waals surface area contributed by atoms with Gasteiger partial charge in [0.05, 0.1) is 15.8 Å². The largest absolute Gasteiger partial charge is 0.305 e. The highest BCUT2D eigenvalue weighted by molar-refractivity contribution is 7.99. The highest BCUT2D eigenvalue weighted by Gasteiger charge is 2.15. The number of carbonyl (C=O) groups is 1. The summed E-state index contributed by atoms with van der Waals surface area (Å²) in [5.74, 6) is 0.990. The number of hydrogen-bond donors (Lipinski definition) is 0. The van der Waals surface area contributed by atoms with Gasteiger partial charge in [0, 0.05) is 18.2 Å². The lowest BCUT2D eigenvalue weighted by Gasteiger charge is -2.06. The van der Waals surface area contributed by atoms with Crippen LogP contribution in [0.1, 0.15) is 15.9 Å². The van der Waals surface area contributed by atoms with E-state index < -0.39 is 0 Å². The second-order valence-electron chi connectivity index (χ2n) is 5.52. The van der Waals surface area contributed by atoms with E-state index in [2.05, 4.69) is 10.2 Å². The van der Waals surface area contributed by atoms with Crippen molar-refractivity contribution in [3.63, 3.8) is 0 Å². The Kier molecular flexibility index (Phi) is 5.47. The molecule has 128 valence electrons. The van der Waals surface area contributed by atoms with Gasteiger partial charge in [0.1, 0.15) is 0 Å². The first-order valence-corrected chi connectivity index (χ1v) is 9.28. The maximum atomic E-state index is 12.3. The van der Waals surface area contributed by atoms with Crippen LogP contribution in [-0.4, -0.2) is 26.3 Å². The van der Waals surface area contributed by atoms with Crippen molar-refractivity contribution in [2.24, 2.45) is 7.05 Å². The minimum atomic E-state index is -0.0380. The van der Waals surface area contributed by atoms with Gasteiger partial charge in [-0.2, -0.15) is 0 Å². The lowest BCUT2D eigenvalue weighted by atomic mass is 10.1. The molecule has 1 heterocycles. The van der Waals surface area contributed by atoms with Gasteiger partial charge < -0.3 is 4.57 Å². The SMILES string of the molecule is Cc1ccccc1-c1nnc(SCC(=O)c2ccc(Cl)c(Cl)c2)n1C. The number of ketones is 1. The van der Waals surface area contributed by atoms with Gasteiger partial charge in [-0.25, -0.2) is 0 Å². The van der Waals surface area contributed by atoms with Crippen molar-refractivity contribution in [1.29, 1.82) is 0 Å². The Balaban J connectivity index is 1.75. The first-order valence-electron chi connectivity index (χ1n) is 7.54. The van der Waals surface area contributed by atoms with Crippen molar-refractivity contribution in [2.75, 3.05) is 5.75 Å². The highest BCUT2D eigenvalue weighted by Crippen LogP contribution is 2.27. The molecule has 0 unspecified atom stereocenters. The van der Waals surface area contributed by atoms with Crippen molar-refractivity contribution >= 4 is 40.7 Å². The molecular weight excluding hydrogens is 377 g/mol. The summed E-state index contributed by atoms with van der Waals surface area (Å²) in [6.45, 7) is 2.03. The zero-order valence-corrected chi connectivity index (χ0v) is 16.0. The number of aryl methyl sites for hydroxylation is 1. The van der Waals surface area contributed by atoms with Gasteiger partial charge >= 0.3 is 0 Å². The van der Waals surface area contributed by atoms with Crippen LogP contribution >= 0.6 is 35.0 Å². The van der Waals surface area contributed by atoms with Crippen LogP contribution < -0.4 is 0 Å². The van der Waals surface area contributed by atoms with Crippen molar-refractivity contribution in [3.8, 4) is 11.4 Å². The summed E-state index contributed by atoms with van der Waals surface area (Å²) in [6.07, 6.45) is 0. The van der Waals surface area contributed by atoms with Gasteiger partial charge in [0.2, 0.25) is 0 Å². The van der Waals surface area contributed by atoms with Crippen LogP contribution in [0.3, 0.4) is 0 Å². The van der Waals surface area contributed by atoms with E-state index in [1.54, 1.807) is 18.2 Å². The number of carbonyl (C=O) groups excluding carboxylic acids is 1. The van der Waals surface area contributed by atoms with Crippen molar-refractivity contribution < 1.29 is 4.79 Å². The summed E-state index contributed by atoms with van der Waals surface area (Å²) in [4.78, 5) is 12.3. The Labute approximate surface area is 160 Å². The molecular formula is C18H15Cl2N3OS. The number of benzene rings is 2. The molecule has 0 saturated heterocycles. The molecule has 7 heteroatoms. The van der Waals surface area contributed by atoms with E-state index in [-0.39, 0.29) is 11.5 Å². The second-order valence-corrected chi connectivity index (χ2v) is 7.28. The van der Waals surface area contributed by atoms with Crippen LogP contribution in [0, 0.1) is 6.92 Å². The van der Waals surface area contributed by atoms with Gasteiger partial charge in [-0.3, -0.25) is 4.79 Å². The van der Waals surface area contributed by atoms with E-state index in [0.717, 1.165) is 17.0 Å². The molecule has 25 heavy (non-hydrogen) atoms. The number of Topliss-reactive ketones (excluding diaryl/α,β-unsaturated/α-hetero) is 1. The van der Waals surface area contributed by atoms with Gasteiger partial charge in [0.25, 0.3) is 0 Å². The summed E-state index contributed by atoms with van der Waals surface area (Å²) in [5.41, 5.74) is 2.68. The van der Waals surface area contributed by atoms with E-state index in [0.29, 0.717) is 20.8 Å². The van der Waals surface area contributed by atoms with Crippen LogP contribution in [0.25, 0.3) is 11.4 Å². The summed E-state index contributed by atoms with van der Waals surface area (Å²) in [6, 6.07) is 12.9. The smallest absolute Gasteiger partial charge is 0.191 e. The van der Waals surface area contributed by atoms with Crippen molar-refractivity contribution in [3.05, 3.63) is 63.6 Å². The number of rotatable bonds is 5.